The van der Waals surface area contributed by atoms with Crippen LogP contribution in [0.1, 0.15) is 10.4 Å². The van der Waals surface area contributed by atoms with Crippen LogP contribution in [0.5, 0.6) is 0 Å². The number of aromatic nitrogens is 2. The molecule has 5 rings (SSSR count). The predicted molar refractivity (Wildman–Crippen MR) is 122 cm³/mol. The number of piperazine rings is 1. The molecule has 6 nitrogen and oxygen atoms in total. The molecule has 3 heterocycles. The van der Waals surface area contributed by atoms with Gasteiger partial charge in [0.25, 0.3) is 5.91 Å². The van der Waals surface area contributed by atoms with E-state index in [0.717, 1.165) is 65.4 Å². The van der Waals surface area contributed by atoms with E-state index in [4.69, 9.17) is 0 Å². The van der Waals surface area contributed by atoms with Gasteiger partial charge in [-0.1, -0.05) is 18.2 Å². The molecule has 0 radical (unpaired) electrons. The molecule has 1 aliphatic heterocycles. The van der Waals surface area contributed by atoms with Gasteiger partial charge in [-0.05, 0) is 31.3 Å². The Morgan fingerprint density at radius 3 is 2.60 bits per heavy atom. The van der Waals surface area contributed by atoms with Crippen LogP contribution in [0.2, 0.25) is 0 Å². The lowest BCUT2D eigenvalue weighted by Crippen LogP contribution is -2.46. The number of hydrogen-bond acceptors (Lipinski definition) is 4. The first-order chi connectivity index (χ1) is 14.6. The standard InChI is InChI=1S/C24H27N5O/c1-27-12-14-29(15-13-27)11-10-26-24(30)20-16-19-17-6-3-4-8-21(17)28(2)23(19)18-7-5-9-25-22(18)20/h3-9,16H,10-15H2,1-2H3,(H,26,30). The number of nitrogens with zero attached hydrogens (tertiary/aromatic N) is 4. The van der Waals surface area contributed by atoms with Crippen LogP contribution in [-0.2, 0) is 7.05 Å². The molecule has 1 saturated heterocycles. The molecule has 4 aromatic rings. The zero-order valence-electron chi connectivity index (χ0n) is 17.6. The van der Waals surface area contributed by atoms with E-state index >= 15 is 0 Å². The van der Waals surface area contributed by atoms with Gasteiger partial charge in [-0.25, -0.2) is 0 Å². The van der Waals surface area contributed by atoms with E-state index < -0.39 is 0 Å². The maximum atomic E-state index is 13.2. The van der Waals surface area contributed by atoms with Gasteiger partial charge in [0.1, 0.15) is 0 Å². The van der Waals surface area contributed by atoms with Gasteiger partial charge in [0, 0.05) is 74.2 Å². The first-order valence-corrected chi connectivity index (χ1v) is 10.6. The van der Waals surface area contributed by atoms with E-state index in [9.17, 15) is 4.79 Å². The van der Waals surface area contributed by atoms with Crippen molar-refractivity contribution in [3.05, 3.63) is 54.2 Å². The van der Waals surface area contributed by atoms with Gasteiger partial charge in [0.2, 0.25) is 0 Å². The summed E-state index contributed by atoms with van der Waals surface area (Å²) in [6.07, 6.45) is 1.76. The summed E-state index contributed by atoms with van der Waals surface area (Å²) < 4.78 is 2.20. The molecule has 0 spiro atoms. The van der Waals surface area contributed by atoms with Crippen LogP contribution in [0.15, 0.2) is 48.7 Å². The maximum absolute atomic E-state index is 13.2. The summed E-state index contributed by atoms with van der Waals surface area (Å²) in [4.78, 5) is 22.5. The Labute approximate surface area is 176 Å². The lowest BCUT2D eigenvalue weighted by molar-refractivity contribution is 0.0942. The number of nitrogens with one attached hydrogen (secondary N) is 1. The average molecular weight is 402 g/mol. The van der Waals surface area contributed by atoms with Crippen molar-refractivity contribution in [1.82, 2.24) is 24.7 Å². The second kappa shape index (κ2) is 7.70. The van der Waals surface area contributed by atoms with E-state index in [1.807, 2.05) is 24.3 Å². The van der Waals surface area contributed by atoms with Crippen molar-refractivity contribution in [1.29, 1.82) is 0 Å². The lowest BCUT2D eigenvalue weighted by Gasteiger charge is -2.32. The highest BCUT2D eigenvalue weighted by atomic mass is 16.1. The number of amides is 1. The van der Waals surface area contributed by atoms with E-state index in [1.54, 1.807) is 6.20 Å². The minimum Gasteiger partial charge on any atom is -0.351 e. The molecule has 0 atom stereocenters. The Bertz CT molecular complexity index is 1240. The Kier molecular flexibility index (Phi) is 4.89. The number of carbonyl (C=O) groups excluding carboxylic acids is 1. The average Bonchev–Trinajstić information content (AvgIpc) is 3.07. The van der Waals surface area contributed by atoms with E-state index in [0.29, 0.717) is 12.1 Å². The van der Waals surface area contributed by atoms with E-state index in [-0.39, 0.29) is 5.91 Å². The second-order valence-electron chi connectivity index (χ2n) is 8.20. The SMILES string of the molecule is CN1CCN(CCNC(=O)c2cc3c4ccccc4n(C)c3c3cccnc23)CC1. The number of fused-ring (bicyclic) bond motifs is 5. The fourth-order valence-corrected chi connectivity index (χ4v) is 4.59. The lowest BCUT2D eigenvalue weighted by atomic mass is 10.0. The monoisotopic (exact) mass is 401 g/mol. The summed E-state index contributed by atoms with van der Waals surface area (Å²) in [6, 6.07) is 14.3. The number of para-hydroxylation sites is 1. The molecular formula is C24H27N5O. The molecular weight excluding hydrogens is 374 g/mol. The maximum Gasteiger partial charge on any atom is 0.253 e. The molecule has 1 aliphatic rings. The van der Waals surface area contributed by atoms with Crippen LogP contribution < -0.4 is 5.32 Å². The van der Waals surface area contributed by atoms with Gasteiger partial charge in [0.05, 0.1) is 16.6 Å². The largest absolute Gasteiger partial charge is 0.351 e. The Morgan fingerprint density at radius 1 is 1.00 bits per heavy atom. The minimum atomic E-state index is -0.0531. The Balaban J connectivity index is 1.49. The molecule has 0 saturated carbocycles. The number of hydrogen-bond donors (Lipinski definition) is 1. The third kappa shape index (κ3) is 3.22. The topological polar surface area (TPSA) is 53.4 Å². The first-order valence-electron chi connectivity index (χ1n) is 10.6. The summed E-state index contributed by atoms with van der Waals surface area (Å²) in [7, 11) is 4.23. The number of likely N-dealkylation sites (N-methyl/N-ethyl adjacent to an activating group) is 1. The molecule has 0 aliphatic carbocycles. The van der Waals surface area contributed by atoms with Crippen molar-refractivity contribution in [2.24, 2.45) is 7.05 Å². The molecule has 0 unspecified atom stereocenters. The highest BCUT2D eigenvalue weighted by Crippen LogP contribution is 2.34. The van der Waals surface area contributed by atoms with Crippen LogP contribution in [0.4, 0.5) is 0 Å². The smallest absolute Gasteiger partial charge is 0.253 e. The van der Waals surface area contributed by atoms with Gasteiger partial charge in [-0.2, -0.15) is 0 Å². The summed E-state index contributed by atoms with van der Waals surface area (Å²) in [5, 5.41) is 6.39. The Hall–Kier alpha value is -2.96. The van der Waals surface area contributed by atoms with Crippen LogP contribution in [0.25, 0.3) is 32.7 Å². The minimum absolute atomic E-state index is 0.0531. The van der Waals surface area contributed by atoms with Gasteiger partial charge >= 0.3 is 0 Å². The molecule has 0 bridgehead atoms. The number of pyridine rings is 1. The number of aryl methyl sites for hydroxylation is 1. The zero-order valence-corrected chi connectivity index (χ0v) is 17.6. The van der Waals surface area contributed by atoms with Crippen LogP contribution in [-0.4, -0.2) is 71.6 Å². The molecule has 1 fully saturated rings. The molecule has 2 aromatic carbocycles. The number of rotatable bonds is 4. The van der Waals surface area contributed by atoms with Crippen molar-refractivity contribution in [2.45, 2.75) is 0 Å². The third-order valence-corrected chi connectivity index (χ3v) is 6.31. The van der Waals surface area contributed by atoms with Crippen molar-refractivity contribution in [3.8, 4) is 0 Å². The highest BCUT2D eigenvalue weighted by molar-refractivity contribution is 6.21. The molecule has 154 valence electrons. The van der Waals surface area contributed by atoms with Gasteiger partial charge in [-0.3, -0.25) is 14.7 Å². The first kappa shape index (κ1) is 19.0. The normalized spacial score (nSPS) is 15.9. The predicted octanol–water partition coefficient (Wildman–Crippen LogP) is 2.86. The van der Waals surface area contributed by atoms with E-state index in [1.165, 1.54) is 0 Å². The van der Waals surface area contributed by atoms with Crippen molar-refractivity contribution >= 4 is 38.6 Å². The summed E-state index contributed by atoms with van der Waals surface area (Å²) in [5.41, 5.74) is 3.68. The second-order valence-corrected chi connectivity index (χ2v) is 8.20. The number of carbonyl (C=O) groups is 1. The molecule has 6 heteroatoms. The third-order valence-electron chi connectivity index (χ3n) is 6.31. The van der Waals surface area contributed by atoms with Crippen LogP contribution in [0.3, 0.4) is 0 Å². The van der Waals surface area contributed by atoms with Gasteiger partial charge in [-0.15, -0.1) is 0 Å². The summed E-state index contributed by atoms with van der Waals surface area (Å²) in [6.45, 7) is 5.80. The Morgan fingerprint density at radius 2 is 1.77 bits per heavy atom. The summed E-state index contributed by atoms with van der Waals surface area (Å²) >= 11 is 0. The fraction of sp³-hybridized carbons (Fsp3) is 0.333. The summed E-state index contributed by atoms with van der Waals surface area (Å²) in [5.74, 6) is -0.0531. The zero-order chi connectivity index (χ0) is 20.7. The van der Waals surface area contributed by atoms with Gasteiger partial charge in [0.15, 0.2) is 0 Å². The quantitative estimate of drug-likeness (QED) is 0.571. The molecule has 30 heavy (non-hydrogen) atoms. The molecule has 2 aromatic heterocycles. The molecule has 1 N–H and O–H groups in total. The van der Waals surface area contributed by atoms with Crippen LogP contribution >= 0.6 is 0 Å². The number of benzene rings is 2. The highest BCUT2D eigenvalue weighted by Gasteiger charge is 2.19. The van der Waals surface area contributed by atoms with E-state index in [2.05, 4.69) is 57.0 Å². The van der Waals surface area contributed by atoms with Gasteiger partial charge < -0.3 is 14.8 Å². The van der Waals surface area contributed by atoms with Crippen molar-refractivity contribution in [3.63, 3.8) is 0 Å². The molecule has 1 amide bonds. The van der Waals surface area contributed by atoms with Crippen LogP contribution in [0, 0.1) is 0 Å². The van der Waals surface area contributed by atoms with Crippen molar-refractivity contribution < 1.29 is 4.79 Å². The fourth-order valence-electron chi connectivity index (χ4n) is 4.59. The van der Waals surface area contributed by atoms with Crippen molar-refractivity contribution in [2.75, 3.05) is 46.3 Å².